The molecule has 7 nitrogen and oxygen atoms in total. The second-order valence-electron chi connectivity index (χ2n) is 5.18. The van der Waals surface area contributed by atoms with Gasteiger partial charge in [0.05, 0.1) is 24.2 Å². The minimum absolute atomic E-state index is 0.157. The molecule has 25 heavy (non-hydrogen) atoms. The van der Waals surface area contributed by atoms with Crippen molar-refractivity contribution >= 4 is 33.2 Å². The third kappa shape index (κ3) is 5.12. The Hall–Kier alpha value is -2.74. The summed E-state index contributed by atoms with van der Waals surface area (Å²) < 4.78 is 5.90. The van der Waals surface area contributed by atoms with Crippen LogP contribution in [-0.2, 0) is 11.2 Å². The van der Waals surface area contributed by atoms with Crippen molar-refractivity contribution in [3.63, 3.8) is 0 Å². The number of amides is 1. The van der Waals surface area contributed by atoms with Crippen molar-refractivity contribution in [3.05, 3.63) is 68.2 Å². The van der Waals surface area contributed by atoms with E-state index in [1.54, 1.807) is 13.0 Å². The van der Waals surface area contributed by atoms with Crippen molar-refractivity contribution in [3.8, 4) is 5.75 Å². The molecule has 0 fully saturated rings. The molecule has 0 saturated carbocycles. The van der Waals surface area contributed by atoms with Crippen LogP contribution in [0, 0.1) is 10.1 Å². The largest absolute Gasteiger partial charge is 0.490 e. The highest BCUT2D eigenvalue weighted by Gasteiger charge is 2.16. The standard InChI is InChI=1S/C17H16BrN3O4/c1-11(13-5-8-16(25-2)15(10-13)21(23)24)19-20-17(22)9-12-3-6-14(18)7-4-12/h3-8,10H,9H2,1-2H3,(H,20,22)/b19-11-. The molecule has 0 unspecified atom stereocenters. The minimum Gasteiger partial charge on any atom is -0.490 e. The third-order valence-corrected chi connectivity index (χ3v) is 3.95. The number of hydrogen-bond acceptors (Lipinski definition) is 5. The Morgan fingerprint density at radius 3 is 2.56 bits per heavy atom. The Morgan fingerprint density at radius 1 is 1.28 bits per heavy atom. The van der Waals surface area contributed by atoms with Crippen molar-refractivity contribution in [2.45, 2.75) is 13.3 Å². The first-order valence-electron chi connectivity index (χ1n) is 7.31. The molecule has 0 atom stereocenters. The van der Waals surface area contributed by atoms with Crippen LogP contribution in [0.2, 0.25) is 0 Å². The number of nitrogens with one attached hydrogen (secondary N) is 1. The molecule has 0 bridgehead atoms. The normalized spacial score (nSPS) is 11.1. The number of hydrogen-bond donors (Lipinski definition) is 1. The molecule has 0 saturated heterocycles. The lowest BCUT2D eigenvalue weighted by Gasteiger charge is -2.06. The van der Waals surface area contributed by atoms with Gasteiger partial charge in [-0.15, -0.1) is 0 Å². The molecule has 2 rings (SSSR count). The summed E-state index contributed by atoms with van der Waals surface area (Å²) in [5, 5.41) is 15.1. The highest BCUT2D eigenvalue weighted by molar-refractivity contribution is 9.10. The lowest BCUT2D eigenvalue weighted by atomic mass is 10.1. The van der Waals surface area contributed by atoms with Gasteiger partial charge in [-0.25, -0.2) is 5.43 Å². The Bertz CT molecular complexity index is 819. The summed E-state index contributed by atoms with van der Waals surface area (Å²) in [6, 6.07) is 11.9. The minimum atomic E-state index is -0.526. The number of methoxy groups -OCH3 is 1. The number of nitrogens with zero attached hydrogens (tertiary/aromatic N) is 2. The Morgan fingerprint density at radius 2 is 1.96 bits per heavy atom. The van der Waals surface area contributed by atoms with Crippen LogP contribution in [-0.4, -0.2) is 23.7 Å². The Balaban J connectivity index is 2.08. The number of hydrazone groups is 1. The number of benzene rings is 2. The molecule has 0 aliphatic carbocycles. The molecule has 2 aromatic carbocycles. The van der Waals surface area contributed by atoms with E-state index >= 15 is 0 Å². The molecule has 2 aromatic rings. The van der Waals surface area contributed by atoms with Crippen molar-refractivity contribution in [1.29, 1.82) is 0 Å². The van der Waals surface area contributed by atoms with Gasteiger partial charge in [-0.1, -0.05) is 28.1 Å². The van der Waals surface area contributed by atoms with Gasteiger partial charge in [0.15, 0.2) is 5.75 Å². The molecule has 0 radical (unpaired) electrons. The van der Waals surface area contributed by atoms with Crippen LogP contribution in [0.3, 0.4) is 0 Å². The Labute approximate surface area is 153 Å². The summed E-state index contributed by atoms with van der Waals surface area (Å²) in [6.45, 7) is 1.66. The van der Waals surface area contributed by atoms with Crippen molar-refractivity contribution in [2.75, 3.05) is 7.11 Å². The SMILES string of the molecule is COc1ccc(/C(C)=N\NC(=O)Cc2ccc(Br)cc2)cc1[N+](=O)[O-]. The van der Waals surface area contributed by atoms with Crippen LogP contribution in [0.15, 0.2) is 52.0 Å². The fraction of sp³-hybridized carbons (Fsp3) is 0.176. The lowest BCUT2D eigenvalue weighted by molar-refractivity contribution is -0.385. The lowest BCUT2D eigenvalue weighted by Crippen LogP contribution is -2.21. The smallest absolute Gasteiger partial charge is 0.311 e. The molecule has 130 valence electrons. The average molecular weight is 406 g/mol. The zero-order valence-electron chi connectivity index (χ0n) is 13.7. The summed E-state index contributed by atoms with van der Waals surface area (Å²) in [4.78, 5) is 22.5. The van der Waals surface area contributed by atoms with Crippen molar-refractivity contribution in [1.82, 2.24) is 5.43 Å². The molecule has 8 heteroatoms. The topological polar surface area (TPSA) is 93.8 Å². The van der Waals surface area contributed by atoms with Gasteiger partial charge in [-0.3, -0.25) is 14.9 Å². The number of carbonyl (C=O) groups is 1. The zero-order valence-corrected chi connectivity index (χ0v) is 15.2. The van der Waals surface area contributed by atoms with Crippen LogP contribution in [0.25, 0.3) is 0 Å². The molecular weight excluding hydrogens is 390 g/mol. The molecule has 0 spiro atoms. The molecule has 0 aromatic heterocycles. The molecular formula is C17H16BrN3O4. The predicted octanol–water partition coefficient (Wildman–Crippen LogP) is 3.45. The molecule has 0 aliphatic rings. The first-order valence-corrected chi connectivity index (χ1v) is 8.10. The van der Waals surface area contributed by atoms with Crippen LogP contribution in [0.1, 0.15) is 18.1 Å². The number of rotatable bonds is 6. The van der Waals surface area contributed by atoms with Gasteiger partial charge >= 0.3 is 5.69 Å². The predicted molar refractivity (Wildman–Crippen MR) is 97.8 cm³/mol. The second kappa shape index (κ2) is 8.39. The quantitative estimate of drug-likeness (QED) is 0.452. The Kier molecular flexibility index (Phi) is 6.24. The monoisotopic (exact) mass is 405 g/mol. The molecule has 0 aliphatic heterocycles. The van der Waals surface area contributed by atoms with Crippen LogP contribution in [0.5, 0.6) is 5.75 Å². The van der Waals surface area contributed by atoms with Crippen LogP contribution >= 0.6 is 15.9 Å². The van der Waals surface area contributed by atoms with E-state index in [1.807, 2.05) is 24.3 Å². The van der Waals surface area contributed by atoms with E-state index in [2.05, 4.69) is 26.5 Å². The van der Waals surface area contributed by atoms with Gasteiger partial charge in [0.1, 0.15) is 0 Å². The highest BCUT2D eigenvalue weighted by atomic mass is 79.9. The maximum Gasteiger partial charge on any atom is 0.311 e. The summed E-state index contributed by atoms with van der Waals surface area (Å²) >= 11 is 3.33. The van der Waals surface area contributed by atoms with E-state index in [1.165, 1.54) is 19.2 Å². The summed E-state index contributed by atoms with van der Waals surface area (Å²) in [7, 11) is 1.37. The number of halogens is 1. The summed E-state index contributed by atoms with van der Waals surface area (Å²) in [5.41, 5.74) is 4.13. The van der Waals surface area contributed by atoms with E-state index in [0.29, 0.717) is 11.3 Å². The molecule has 1 amide bonds. The van der Waals surface area contributed by atoms with Gasteiger partial charge in [0.2, 0.25) is 5.91 Å². The van der Waals surface area contributed by atoms with E-state index in [4.69, 9.17) is 4.74 Å². The second-order valence-corrected chi connectivity index (χ2v) is 6.09. The van der Waals surface area contributed by atoms with Crippen LogP contribution in [0.4, 0.5) is 5.69 Å². The van der Waals surface area contributed by atoms with Crippen LogP contribution < -0.4 is 10.2 Å². The summed E-state index contributed by atoms with van der Waals surface area (Å²) in [6.07, 6.45) is 0.187. The van der Waals surface area contributed by atoms with Crippen molar-refractivity contribution in [2.24, 2.45) is 5.10 Å². The van der Waals surface area contributed by atoms with Gasteiger partial charge in [-0.2, -0.15) is 5.10 Å². The number of ether oxygens (including phenoxy) is 1. The number of nitro benzene ring substituents is 1. The van der Waals surface area contributed by atoms with E-state index in [9.17, 15) is 14.9 Å². The molecule has 0 heterocycles. The van der Waals surface area contributed by atoms with E-state index < -0.39 is 4.92 Å². The van der Waals surface area contributed by atoms with Gasteiger partial charge in [-0.05, 0) is 36.8 Å². The molecule has 1 N–H and O–H groups in total. The zero-order chi connectivity index (χ0) is 18.4. The number of nitro groups is 1. The van der Waals surface area contributed by atoms with E-state index in [0.717, 1.165) is 10.0 Å². The maximum atomic E-state index is 12.0. The summed E-state index contributed by atoms with van der Waals surface area (Å²) in [5.74, 6) is -0.106. The average Bonchev–Trinajstić information content (AvgIpc) is 2.61. The first kappa shape index (κ1) is 18.6. The van der Waals surface area contributed by atoms with Crippen molar-refractivity contribution < 1.29 is 14.5 Å². The fourth-order valence-corrected chi connectivity index (χ4v) is 2.36. The van der Waals surface area contributed by atoms with Gasteiger partial charge in [0.25, 0.3) is 0 Å². The maximum absolute atomic E-state index is 12.0. The number of carbonyl (C=O) groups excluding carboxylic acids is 1. The van der Waals surface area contributed by atoms with Gasteiger partial charge < -0.3 is 4.74 Å². The van der Waals surface area contributed by atoms with Gasteiger partial charge in [0, 0.05) is 16.1 Å². The first-order chi connectivity index (χ1) is 11.9. The van der Waals surface area contributed by atoms with E-state index in [-0.39, 0.29) is 23.8 Å². The highest BCUT2D eigenvalue weighted by Crippen LogP contribution is 2.27. The fourth-order valence-electron chi connectivity index (χ4n) is 2.10. The third-order valence-electron chi connectivity index (χ3n) is 3.42.